The highest BCUT2D eigenvalue weighted by molar-refractivity contribution is 7.20. The molecule has 1 saturated heterocycles. The van der Waals surface area contributed by atoms with Crippen molar-refractivity contribution in [3.63, 3.8) is 0 Å². The summed E-state index contributed by atoms with van der Waals surface area (Å²) in [6.07, 6.45) is 11.3. The molecule has 1 aliphatic carbocycles. The Balaban J connectivity index is 1.23. The standard InChI is InChI=1S/C18H21N5O2S/c1-2-6-18(7-3-1)24-12-14(25-18)10-20-16-22-23-11-15(21-17(23)26-16)13-5-4-8-19-9-13/h4-5,8-9,11,14H,1-3,6-7,10,12H2,(H,20,22). The Labute approximate surface area is 155 Å². The van der Waals surface area contributed by atoms with Crippen LogP contribution in [0.3, 0.4) is 0 Å². The molecule has 1 N–H and O–H groups in total. The van der Waals surface area contributed by atoms with Crippen LogP contribution in [-0.4, -0.2) is 44.6 Å². The summed E-state index contributed by atoms with van der Waals surface area (Å²) in [5.41, 5.74) is 1.88. The number of hydrogen-bond donors (Lipinski definition) is 1. The Kier molecular flexibility index (Phi) is 4.11. The number of pyridine rings is 1. The van der Waals surface area contributed by atoms with Crippen molar-refractivity contribution in [2.24, 2.45) is 0 Å². The molecule has 2 aliphatic rings. The van der Waals surface area contributed by atoms with Gasteiger partial charge >= 0.3 is 0 Å². The molecule has 1 saturated carbocycles. The first kappa shape index (κ1) is 16.2. The van der Waals surface area contributed by atoms with E-state index < -0.39 is 0 Å². The maximum atomic E-state index is 6.21. The average Bonchev–Trinajstić information content (AvgIpc) is 3.35. The second-order valence-corrected chi connectivity index (χ2v) is 7.86. The van der Waals surface area contributed by atoms with Crippen molar-refractivity contribution in [2.45, 2.75) is 44.0 Å². The van der Waals surface area contributed by atoms with Crippen LogP contribution in [0.15, 0.2) is 30.7 Å². The van der Waals surface area contributed by atoms with E-state index in [2.05, 4.69) is 20.4 Å². The van der Waals surface area contributed by atoms with Crippen molar-refractivity contribution in [2.75, 3.05) is 18.5 Å². The van der Waals surface area contributed by atoms with Crippen LogP contribution in [-0.2, 0) is 9.47 Å². The lowest BCUT2D eigenvalue weighted by Gasteiger charge is -2.31. The van der Waals surface area contributed by atoms with Gasteiger partial charge in [0, 0.05) is 37.3 Å². The molecule has 1 aliphatic heterocycles. The number of ether oxygens (including phenoxy) is 2. The molecule has 26 heavy (non-hydrogen) atoms. The van der Waals surface area contributed by atoms with E-state index in [1.807, 2.05) is 29.0 Å². The van der Waals surface area contributed by atoms with Crippen LogP contribution >= 0.6 is 11.3 Å². The molecular weight excluding hydrogens is 350 g/mol. The summed E-state index contributed by atoms with van der Waals surface area (Å²) >= 11 is 1.54. The maximum absolute atomic E-state index is 6.21. The average molecular weight is 371 g/mol. The number of rotatable bonds is 4. The maximum Gasteiger partial charge on any atom is 0.214 e. The lowest BCUT2D eigenvalue weighted by atomic mass is 9.94. The summed E-state index contributed by atoms with van der Waals surface area (Å²) in [4.78, 5) is 9.63. The summed E-state index contributed by atoms with van der Waals surface area (Å²) in [6.45, 7) is 1.36. The van der Waals surface area contributed by atoms with E-state index in [4.69, 9.17) is 9.47 Å². The lowest BCUT2D eigenvalue weighted by Crippen LogP contribution is -2.34. The number of nitrogens with zero attached hydrogens (tertiary/aromatic N) is 4. The van der Waals surface area contributed by atoms with Crippen LogP contribution in [0.5, 0.6) is 0 Å². The summed E-state index contributed by atoms with van der Waals surface area (Å²) in [6, 6.07) is 3.91. The predicted octanol–water partition coefficient (Wildman–Crippen LogP) is 3.34. The highest BCUT2D eigenvalue weighted by Gasteiger charge is 2.42. The van der Waals surface area contributed by atoms with Crippen molar-refractivity contribution in [3.8, 4) is 11.3 Å². The first-order chi connectivity index (χ1) is 12.8. The fraction of sp³-hybridized carbons (Fsp3) is 0.500. The normalized spacial score (nSPS) is 22.2. The molecule has 3 aromatic heterocycles. The number of nitrogens with one attached hydrogen (secondary N) is 1. The van der Waals surface area contributed by atoms with Crippen LogP contribution in [0.25, 0.3) is 16.2 Å². The Morgan fingerprint density at radius 1 is 1.31 bits per heavy atom. The van der Waals surface area contributed by atoms with Gasteiger partial charge in [-0.05, 0) is 25.0 Å². The van der Waals surface area contributed by atoms with E-state index in [0.29, 0.717) is 13.2 Å². The van der Waals surface area contributed by atoms with E-state index in [1.165, 1.54) is 30.6 Å². The number of imidazole rings is 1. The van der Waals surface area contributed by atoms with Gasteiger partial charge in [-0.2, -0.15) is 0 Å². The zero-order valence-corrected chi connectivity index (χ0v) is 15.2. The van der Waals surface area contributed by atoms with Gasteiger partial charge in [0.1, 0.15) is 6.10 Å². The Bertz CT molecular complexity index is 856. The van der Waals surface area contributed by atoms with Crippen molar-refractivity contribution >= 4 is 21.4 Å². The van der Waals surface area contributed by atoms with Crippen LogP contribution in [0.4, 0.5) is 5.13 Å². The molecule has 1 spiro atoms. The third kappa shape index (κ3) is 3.08. The number of aromatic nitrogens is 4. The third-order valence-corrected chi connectivity index (χ3v) is 5.89. The Morgan fingerprint density at radius 3 is 3.04 bits per heavy atom. The zero-order chi connectivity index (χ0) is 17.4. The molecule has 136 valence electrons. The molecule has 0 aromatic carbocycles. The van der Waals surface area contributed by atoms with E-state index in [0.717, 1.165) is 34.2 Å². The van der Waals surface area contributed by atoms with Gasteiger partial charge in [0.15, 0.2) is 5.79 Å². The molecule has 7 nitrogen and oxygen atoms in total. The summed E-state index contributed by atoms with van der Waals surface area (Å²) < 4.78 is 14.0. The van der Waals surface area contributed by atoms with Crippen molar-refractivity contribution < 1.29 is 9.47 Å². The molecule has 1 atom stereocenters. The molecule has 0 radical (unpaired) electrons. The fourth-order valence-electron chi connectivity index (χ4n) is 3.70. The van der Waals surface area contributed by atoms with Gasteiger partial charge in [-0.1, -0.05) is 17.8 Å². The van der Waals surface area contributed by atoms with Crippen molar-refractivity contribution in [1.29, 1.82) is 0 Å². The quantitative estimate of drug-likeness (QED) is 0.758. The van der Waals surface area contributed by atoms with E-state index in [1.54, 1.807) is 6.20 Å². The van der Waals surface area contributed by atoms with E-state index >= 15 is 0 Å². The molecule has 2 fully saturated rings. The highest BCUT2D eigenvalue weighted by atomic mass is 32.1. The monoisotopic (exact) mass is 371 g/mol. The predicted molar refractivity (Wildman–Crippen MR) is 99.2 cm³/mol. The minimum absolute atomic E-state index is 0.0790. The molecule has 4 heterocycles. The molecule has 3 aromatic rings. The lowest BCUT2D eigenvalue weighted by molar-refractivity contribution is -0.185. The second-order valence-electron chi connectivity index (χ2n) is 6.91. The third-order valence-electron chi connectivity index (χ3n) is 5.01. The molecule has 8 heteroatoms. The summed E-state index contributed by atoms with van der Waals surface area (Å²) in [7, 11) is 0. The van der Waals surface area contributed by atoms with Crippen LogP contribution in [0.2, 0.25) is 0 Å². The zero-order valence-electron chi connectivity index (χ0n) is 14.4. The van der Waals surface area contributed by atoms with E-state index in [-0.39, 0.29) is 11.9 Å². The molecule has 0 amide bonds. The summed E-state index contributed by atoms with van der Waals surface area (Å²) in [5.74, 6) is -0.319. The molecule has 0 bridgehead atoms. The van der Waals surface area contributed by atoms with Crippen molar-refractivity contribution in [1.82, 2.24) is 19.6 Å². The summed E-state index contributed by atoms with van der Waals surface area (Å²) in [5, 5.41) is 8.79. The van der Waals surface area contributed by atoms with Gasteiger partial charge in [0.05, 0.1) is 18.5 Å². The van der Waals surface area contributed by atoms with Gasteiger partial charge in [-0.25, -0.2) is 9.50 Å². The number of fused-ring (bicyclic) bond motifs is 1. The smallest absolute Gasteiger partial charge is 0.214 e. The highest BCUT2D eigenvalue weighted by Crippen LogP contribution is 2.37. The Hall–Kier alpha value is -2.03. The minimum atomic E-state index is -0.319. The van der Waals surface area contributed by atoms with Crippen LogP contribution in [0.1, 0.15) is 32.1 Å². The number of hydrogen-bond acceptors (Lipinski definition) is 7. The van der Waals surface area contributed by atoms with E-state index in [9.17, 15) is 0 Å². The van der Waals surface area contributed by atoms with Gasteiger partial charge in [0.2, 0.25) is 10.1 Å². The van der Waals surface area contributed by atoms with Gasteiger partial charge in [0.25, 0.3) is 0 Å². The SMILES string of the molecule is c1cncc(-c2cn3nc(NCC4COC5(CCCCC5)O4)sc3n2)c1. The van der Waals surface area contributed by atoms with Gasteiger partial charge in [-0.15, -0.1) is 5.10 Å². The number of anilines is 1. The topological polar surface area (TPSA) is 73.6 Å². The molecular formula is C18H21N5O2S. The second kappa shape index (κ2) is 6.61. The van der Waals surface area contributed by atoms with Crippen LogP contribution in [0, 0.1) is 0 Å². The molecule has 1 unspecified atom stereocenters. The van der Waals surface area contributed by atoms with Gasteiger partial charge < -0.3 is 14.8 Å². The fourth-order valence-corrected chi connectivity index (χ4v) is 4.48. The minimum Gasteiger partial charge on any atom is -0.357 e. The first-order valence-electron chi connectivity index (χ1n) is 9.12. The van der Waals surface area contributed by atoms with Crippen LogP contribution < -0.4 is 5.32 Å². The first-order valence-corrected chi connectivity index (χ1v) is 9.94. The van der Waals surface area contributed by atoms with Gasteiger partial charge in [-0.3, -0.25) is 4.98 Å². The Morgan fingerprint density at radius 2 is 2.23 bits per heavy atom. The van der Waals surface area contributed by atoms with Crippen molar-refractivity contribution in [3.05, 3.63) is 30.7 Å². The largest absolute Gasteiger partial charge is 0.357 e. The molecule has 5 rings (SSSR count).